The van der Waals surface area contributed by atoms with E-state index >= 15 is 0 Å². The predicted molar refractivity (Wildman–Crippen MR) is 46.8 cm³/mol. The van der Waals surface area contributed by atoms with Gasteiger partial charge >= 0.3 is 6.18 Å². The first-order chi connectivity index (χ1) is 6.54. The van der Waals surface area contributed by atoms with Crippen molar-refractivity contribution in [3.8, 4) is 0 Å². The quantitative estimate of drug-likeness (QED) is 0.801. The van der Waals surface area contributed by atoms with Crippen molar-refractivity contribution >= 4 is 0 Å². The van der Waals surface area contributed by atoms with E-state index in [1.165, 1.54) is 0 Å². The molecule has 0 saturated carbocycles. The molecule has 1 nitrogen and oxygen atoms in total. The second kappa shape index (κ2) is 4.46. The Morgan fingerprint density at radius 3 is 2.14 bits per heavy atom. The monoisotopic (exact) mass is 204 g/mol. The molecule has 1 unspecified atom stereocenters. The van der Waals surface area contributed by atoms with Crippen molar-refractivity contribution in [2.75, 3.05) is 6.61 Å². The minimum Gasteiger partial charge on any atom is -0.396 e. The third-order valence-corrected chi connectivity index (χ3v) is 2.01. The molecule has 1 rings (SSSR count). The highest BCUT2D eigenvalue weighted by Gasteiger charge is 2.38. The first-order valence-corrected chi connectivity index (χ1v) is 4.25. The average Bonchev–Trinajstić information content (AvgIpc) is 2.14. The Labute approximate surface area is 80.2 Å². The van der Waals surface area contributed by atoms with Crippen molar-refractivity contribution in [1.29, 1.82) is 0 Å². The topological polar surface area (TPSA) is 20.2 Å². The van der Waals surface area contributed by atoms with Gasteiger partial charge in [0.25, 0.3) is 0 Å². The highest BCUT2D eigenvalue weighted by Crippen LogP contribution is 2.28. The summed E-state index contributed by atoms with van der Waals surface area (Å²) < 4.78 is 36.7. The van der Waals surface area contributed by atoms with Crippen LogP contribution in [0.1, 0.15) is 5.56 Å². The standard InChI is InChI=1S/C10H11F3O/c11-10(12,13)9(7-14)6-8-4-2-1-3-5-8/h1-5,9,14H,6-7H2. The van der Waals surface area contributed by atoms with Crippen molar-refractivity contribution < 1.29 is 18.3 Å². The van der Waals surface area contributed by atoms with Crippen LogP contribution in [0, 0.1) is 5.92 Å². The summed E-state index contributed by atoms with van der Waals surface area (Å²) in [6.45, 7) is -0.863. The fraction of sp³-hybridized carbons (Fsp3) is 0.400. The minimum absolute atomic E-state index is 0.166. The summed E-state index contributed by atoms with van der Waals surface area (Å²) in [5, 5.41) is 8.60. The second-order valence-corrected chi connectivity index (χ2v) is 3.11. The van der Waals surface area contributed by atoms with Gasteiger partial charge in [0, 0.05) is 0 Å². The molecular weight excluding hydrogens is 193 g/mol. The van der Waals surface area contributed by atoms with Crippen LogP contribution in [0.2, 0.25) is 0 Å². The zero-order valence-corrected chi connectivity index (χ0v) is 7.46. The lowest BCUT2D eigenvalue weighted by atomic mass is 10.00. The van der Waals surface area contributed by atoms with Crippen LogP contribution in [0.5, 0.6) is 0 Å². The lowest BCUT2D eigenvalue weighted by Gasteiger charge is -2.17. The molecule has 0 spiro atoms. The van der Waals surface area contributed by atoms with Crippen molar-refractivity contribution in [1.82, 2.24) is 0 Å². The molecule has 0 amide bonds. The van der Waals surface area contributed by atoms with Gasteiger partial charge in [-0.2, -0.15) is 13.2 Å². The van der Waals surface area contributed by atoms with Gasteiger partial charge in [0.2, 0.25) is 0 Å². The third-order valence-electron chi connectivity index (χ3n) is 2.01. The van der Waals surface area contributed by atoms with Gasteiger partial charge in [0.15, 0.2) is 0 Å². The Kier molecular flexibility index (Phi) is 3.52. The maximum absolute atomic E-state index is 12.2. The summed E-state index contributed by atoms with van der Waals surface area (Å²) in [6, 6.07) is 8.34. The summed E-state index contributed by atoms with van der Waals surface area (Å²) in [5.41, 5.74) is 0.587. The van der Waals surface area contributed by atoms with Gasteiger partial charge in [-0.1, -0.05) is 30.3 Å². The van der Waals surface area contributed by atoms with E-state index in [1.54, 1.807) is 30.3 Å². The van der Waals surface area contributed by atoms with Crippen molar-refractivity contribution in [3.63, 3.8) is 0 Å². The molecule has 1 aromatic carbocycles. The van der Waals surface area contributed by atoms with E-state index in [-0.39, 0.29) is 6.42 Å². The van der Waals surface area contributed by atoms with E-state index in [0.29, 0.717) is 5.56 Å². The molecule has 0 bridgehead atoms. The molecule has 1 atom stereocenters. The number of aliphatic hydroxyl groups excluding tert-OH is 1. The van der Waals surface area contributed by atoms with Gasteiger partial charge in [-0.25, -0.2) is 0 Å². The van der Waals surface area contributed by atoms with E-state index in [0.717, 1.165) is 0 Å². The first kappa shape index (κ1) is 11.0. The molecule has 0 aliphatic rings. The maximum atomic E-state index is 12.2. The fourth-order valence-corrected chi connectivity index (χ4v) is 1.18. The largest absolute Gasteiger partial charge is 0.396 e. The summed E-state index contributed by atoms with van der Waals surface area (Å²) in [5.74, 6) is -1.66. The van der Waals surface area contributed by atoms with Gasteiger partial charge < -0.3 is 5.11 Å². The second-order valence-electron chi connectivity index (χ2n) is 3.11. The molecule has 0 radical (unpaired) electrons. The van der Waals surface area contributed by atoms with Crippen molar-refractivity contribution in [2.45, 2.75) is 12.6 Å². The lowest BCUT2D eigenvalue weighted by molar-refractivity contribution is -0.183. The molecular formula is C10H11F3O. The van der Waals surface area contributed by atoms with Crippen LogP contribution in [0.4, 0.5) is 13.2 Å². The Bertz CT molecular complexity index is 268. The zero-order valence-electron chi connectivity index (χ0n) is 7.46. The molecule has 0 aliphatic carbocycles. The van der Waals surface area contributed by atoms with E-state index in [4.69, 9.17) is 5.11 Å². The summed E-state index contributed by atoms with van der Waals surface area (Å²) in [4.78, 5) is 0. The Balaban J connectivity index is 2.67. The maximum Gasteiger partial charge on any atom is 0.394 e. The van der Waals surface area contributed by atoms with Crippen LogP contribution in [-0.2, 0) is 6.42 Å². The van der Waals surface area contributed by atoms with Gasteiger partial charge in [-0.15, -0.1) is 0 Å². The van der Waals surface area contributed by atoms with Gasteiger partial charge in [0.05, 0.1) is 12.5 Å². The highest BCUT2D eigenvalue weighted by atomic mass is 19.4. The molecule has 0 aliphatic heterocycles. The number of benzene rings is 1. The molecule has 78 valence electrons. The number of alkyl halides is 3. The molecule has 0 heterocycles. The molecule has 0 fully saturated rings. The van der Waals surface area contributed by atoms with Crippen LogP contribution in [0.25, 0.3) is 0 Å². The fourth-order valence-electron chi connectivity index (χ4n) is 1.18. The highest BCUT2D eigenvalue weighted by molar-refractivity contribution is 5.15. The number of rotatable bonds is 3. The number of hydrogen-bond acceptors (Lipinski definition) is 1. The van der Waals surface area contributed by atoms with Crippen LogP contribution in [0.15, 0.2) is 30.3 Å². The van der Waals surface area contributed by atoms with Crippen molar-refractivity contribution in [3.05, 3.63) is 35.9 Å². The van der Waals surface area contributed by atoms with E-state index < -0.39 is 18.7 Å². The molecule has 1 N–H and O–H groups in total. The number of hydrogen-bond donors (Lipinski definition) is 1. The number of halogens is 3. The van der Waals surface area contributed by atoms with Crippen LogP contribution in [0.3, 0.4) is 0 Å². The van der Waals surface area contributed by atoms with E-state index in [1.807, 2.05) is 0 Å². The smallest absolute Gasteiger partial charge is 0.394 e. The SMILES string of the molecule is OCC(Cc1ccccc1)C(F)(F)F. The zero-order chi connectivity index (χ0) is 10.6. The Morgan fingerprint density at radius 2 is 1.71 bits per heavy atom. The molecule has 0 saturated heterocycles. The third kappa shape index (κ3) is 3.03. The molecule has 0 aromatic heterocycles. The summed E-state index contributed by atoms with van der Waals surface area (Å²) in [7, 11) is 0. The summed E-state index contributed by atoms with van der Waals surface area (Å²) >= 11 is 0. The Hall–Kier alpha value is -1.03. The van der Waals surface area contributed by atoms with E-state index in [2.05, 4.69) is 0 Å². The predicted octanol–water partition coefficient (Wildman–Crippen LogP) is 2.40. The Morgan fingerprint density at radius 1 is 1.14 bits per heavy atom. The van der Waals surface area contributed by atoms with Crippen LogP contribution < -0.4 is 0 Å². The average molecular weight is 204 g/mol. The first-order valence-electron chi connectivity index (χ1n) is 4.25. The lowest BCUT2D eigenvalue weighted by Crippen LogP contribution is -2.28. The van der Waals surface area contributed by atoms with Crippen LogP contribution in [-0.4, -0.2) is 17.9 Å². The molecule has 1 aromatic rings. The van der Waals surface area contributed by atoms with E-state index in [9.17, 15) is 13.2 Å². The van der Waals surface area contributed by atoms with Gasteiger partial charge in [-0.3, -0.25) is 0 Å². The normalized spacial score (nSPS) is 14.0. The van der Waals surface area contributed by atoms with Gasteiger partial charge in [0.1, 0.15) is 0 Å². The van der Waals surface area contributed by atoms with Crippen LogP contribution >= 0.6 is 0 Å². The van der Waals surface area contributed by atoms with Crippen molar-refractivity contribution in [2.24, 2.45) is 5.92 Å². The van der Waals surface area contributed by atoms with Gasteiger partial charge in [-0.05, 0) is 12.0 Å². The molecule has 14 heavy (non-hydrogen) atoms. The number of aliphatic hydroxyl groups is 1. The minimum atomic E-state index is -4.33. The summed E-state index contributed by atoms with van der Waals surface area (Å²) in [6.07, 6.45) is -4.49. The molecule has 4 heteroatoms.